The van der Waals surface area contributed by atoms with Crippen LogP contribution in [0.25, 0.3) is 0 Å². The summed E-state index contributed by atoms with van der Waals surface area (Å²) in [4.78, 5) is 12.7. The highest BCUT2D eigenvalue weighted by Gasteiger charge is 2.34. The highest BCUT2D eigenvalue weighted by Crippen LogP contribution is 2.29. The van der Waals surface area contributed by atoms with Gasteiger partial charge in [0, 0.05) is 37.9 Å². The zero-order valence-corrected chi connectivity index (χ0v) is 13.0. The maximum absolute atomic E-state index is 12.7. The van der Waals surface area contributed by atoms with Gasteiger partial charge in [0.1, 0.15) is 0 Å². The van der Waals surface area contributed by atoms with E-state index in [-0.39, 0.29) is 17.7 Å². The van der Waals surface area contributed by atoms with Crippen LogP contribution in [0.3, 0.4) is 0 Å². The van der Waals surface area contributed by atoms with Crippen molar-refractivity contribution >= 4 is 11.6 Å². The molecule has 2 N–H and O–H groups in total. The molecule has 1 fully saturated rings. The molecule has 0 bridgehead atoms. The van der Waals surface area contributed by atoms with E-state index in [2.05, 4.69) is 28.7 Å². The van der Waals surface area contributed by atoms with E-state index in [0.717, 1.165) is 24.2 Å². The van der Waals surface area contributed by atoms with Crippen molar-refractivity contribution in [1.29, 1.82) is 0 Å². The lowest BCUT2D eigenvalue weighted by Crippen LogP contribution is -2.28. The Labute approximate surface area is 130 Å². The number of aromatic nitrogens is 2. The molecule has 0 radical (unpaired) electrons. The van der Waals surface area contributed by atoms with Gasteiger partial charge in [-0.05, 0) is 23.6 Å². The van der Waals surface area contributed by atoms with E-state index < -0.39 is 0 Å². The van der Waals surface area contributed by atoms with Gasteiger partial charge in [-0.25, -0.2) is 0 Å². The SMILES string of the molecule is CCc1ccccc1NC(=O)[C@H]1CNC[C@@H]1c1cnn(C)c1. The quantitative estimate of drug-likeness (QED) is 0.906. The second kappa shape index (κ2) is 6.32. The summed E-state index contributed by atoms with van der Waals surface area (Å²) in [5.74, 6) is 0.205. The molecule has 1 saturated heterocycles. The first-order valence-corrected chi connectivity index (χ1v) is 7.77. The van der Waals surface area contributed by atoms with Gasteiger partial charge in [0.2, 0.25) is 5.91 Å². The topological polar surface area (TPSA) is 59.0 Å². The number of carbonyl (C=O) groups excluding carboxylic acids is 1. The molecule has 0 unspecified atom stereocenters. The van der Waals surface area contributed by atoms with Crippen molar-refractivity contribution in [2.75, 3.05) is 18.4 Å². The molecule has 0 saturated carbocycles. The highest BCUT2D eigenvalue weighted by molar-refractivity contribution is 5.94. The lowest BCUT2D eigenvalue weighted by Gasteiger charge is -2.18. The van der Waals surface area contributed by atoms with E-state index in [9.17, 15) is 4.79 Å². The second-order valence-corrected chi connectivity index (χ2v) is 5.82. The molecule has 2 heterocycles. The van der Waals surface area contributed by atoms with E-state index in [0.29, 0.717) is 6.54 Å². The van der Waals surface area contributed by atoms with E-state index >= 15 is 0 Å². The fraction of sp³-hybridized carbons (Fsp3) is 0.412. The lowest BCUT2D eigenvalue weighted by molar-refractivity contribution is -0.119. The predicted molar refractivity (Wildman–Crippen MR) is 86.8 cm³/mol. The first-order valence-electron chi connectivity index (χ1n) is 7.77. The minimum absolute atomic E-state index is 0.0610. The molecule has 5 nitrogen and oxygen atoms in total. The molecular weight excluding hydrogens is 276 g/mol. The van der Waals surface area contributed by atoms with Gasteiger partial charge in [-0.3, -0.25) is 9.48 Å². The van der Waals surface area contributed by atoms with Gasteiger partial charge < -0.3 is 10.6 Å². The number of hydrogen-bond donors (Lipinski definition) is 2. The van der Waals surface area contributed by atoms with Crippen molar-refractivity contribution in [3.63, 3.8) is 0 Å². The molecule has 1 aliphatic rings. The number of rotatable bonds is 4. The lowest BCUT2D eigenvalue weighted by atomic mass is 9.90. The molecule has 1 amide bonds. The van der Waals surface area contributed by atoms with Crippen LogP contribution in [0, 0.1) is 5.92 Å². The summed E-state index contributed by atoms with van der Waals surface area (Å²) in [6.07, 6.45) is 4.77. The normalized spacial score (nSPS) is 21.0. The van der Waals surface area contributed by atoms with Crippen molar-refractivity contribution in [3.8, 4) is 0 Å². The Bertz CT molecular complexity index is 664. The number of aryl methyl sites for hydroxylation is 2. The van der Waals surface area contributed by atoms with Crippen LogP contribution in [0.2, 0.25) is 0 Å². The number of hydrogen-bond acceptors (Lipinski definition) is 3. The smallest absolute Gasteiger partial charge is 0.229 e. The largest absolute Gasteiger partial charge is 0.326 e. The van der Waals surface area contributed by atoms with Crippen molar-refractivity contribution in [3.05, 3.63) is 47.8 Å². The number of nitrogens with one attached hydrogen (secondary N) is 2. The Morgan fingerprint density at radius 2 is 2.23 bits per heavy atom. The van der Waals surface area contributed by atoms with Crippen LogP contribution in [-0.4, -0.2) is 28.8 Å². The zero-order valence-electron chi connectivity index (χ0n) is 13.0. The zero-order chi connectivity index (χ0) is 15.5. The van der Waals surface area contributed by atoms with E-state index in [1.54, 1.807) is 4.68 Å². The van der Waals surface area contributed by atoms with Crippen molar-refractivity contribution < 1.29 is 4.79 Å². The fourth-order valence-corrected chi connectivity index (χ4v) is 3.11. The number of anilines is 1. The maximum Gasteiger partial charge on any atom is 0.229 e. The van der Waals surface area contributed by atoms with Crippen LogP contribution >= 0.6 is 0 Å². The minimum Gasteiger partial charge on any atom is -0.326 e. The number of nitrogens with zero attached hydrogens (tertiary/aromatic N) is 2. The molecule has 1 aromatic heterocycles. The summed E-state index contributed by atoms with van der Waals surface area (Å²) in [6.45, 7) is 3.62. The van der Waals surface area contributed by atoms with Crippen LogP contribution in [0.15, 0.2) is 36.7 Å². The summed E-state index contributed by atoms with van der Waals surface area (Å²) in [7, 11) is 1.90. The van der Waals surface area contributed by atoms with Crippen LogP contribution in [0.1, 0.15) is 24.0 Å². The molecule has 2 atom stereocenters. The Morgan fingerprint density at radius 1 is 1.41 bits per heavy atom. The van der Waals surface area contributed by atoms with Gasteiger partial charge in [-0.1, -0.05) is 25.1 Å². The van der Waals surface area contributed by atoms with Gasteiger partial charge in [-0.2, -0.15) is 5.10 Å². The van der Waals surface area contributed by atoms with Crippen LogP contribution in [0.4, 0.5) is 5.69 Å². The summed E-state index contributed by atoms with van der Waals surface area (Å²) < 4.78 is 1.79. The third kappa shape index (κ3) is 2.90. The van der Waals surface area contributed by atoms with Crippen LogP contribution < -0.4 is 10.6 Å². The predicted octanol–water partition coefficient (Wildman–Crippen LogP) is 1.92. The summed E-state index contributed by atoms with van der Waals surface area (Å²) >= 11 is 0. The molecule has 116 valence electrons. The average molecular weight is 298 g/mol. The Hall–Kier alpha value is -2.14. The summed E-state index contributed by atoms with van der Waals surface area (Å²) in [6, 6.07) is 7.99. The Morgan fingerprint density at radius 3 is 2.95 bits per heavy atom. The number of benzene rings is 1. The summed E-state index contributed by atoms with van der Waals surface area (Å²) in [5, 5.41) is 10.7. The third-order valence-corrected chi connectivity index (χ3v) is 4.36. The summed E-state index contributed by atoms with van der Waals surface area (Å²) in [5.41, 5.74) is 3.21. The first-order chi connectivity index (χ1) is 10.7. The molecule has 0 aliphatic carbocycles. The molecule has 3 rings (SSSR count). The maximum atomic E-state index is 12.7. The average Bonchev–Trinajstić information content (AvgIpc) is 3.16. The van der Waals surface area contributed by atoms with E-state index in [1.165, 1.54) is 5.56 Å². The van der Waals surface area contributed by atoms with Crippen LogP contribution in [-0.2, 0) is 18.3 Å². The third-order valence-electron chi connectivity index (χ3n) is 4.36. The molecular formula is C17H22N4O. The number of para-hydroxylation sites is 1. The number of amides is 1. The van der Waals surface area contributed by atoms with Gasteiger partial charge >= 0.3 is 0 Å². The molecule has 22 heavy (non-hydrogen) atoms. The highest BCUT2D eigenvalue weighted by atomic mass is 16.2. The van der Waals surface area contributed by atoms with Crippen molar-refractivity contribution in [2.24, 2.45) is 13.0 Å². The molecule has 2 aromatic rings. The van der Waals surface area contributed by atoms with Gasteiger partial charge in [0.05, 0.1) is 12.1 Å². The number of carbonyl (C=O) groups is 1. The molecule has 1 aliphatic heterocycles. The Kier molecular flexibility index (Phi) is 4.24. The monoisotopic (exact) mass is 298 g/mol. The van der Waals surface area contributed by atoms with E-state index in [1.807, 2.05) is 37.6 Å². The van der Waals surface area contributed by atoms with Crippen molar-refractivity contribution in [1.82, 2.24) is 15.1 Å². The fourth-order valence-electron chi connectivity index (χ4n) is 3.11. The van der Waals surface area contributed by atoms with Gasteiger partial charge in [0.25, 0.3) is 0 Å². The second-order valence-electron chi connectivity index (χ2n) is 5.82. The first kappa shape index (κ1) is 14.8. The van der Waals surface area contributed by atoms with Crippen LogP contribution in [0.5, 0.6) is 0 Å². The van der Waals surface area contributed by atoms with Gasteiger partial charge in [0.15, 0.2) is 0 Å². The standard InChI is InChI=1S/C17H22N4O/c1-3-12-6-4-5-7-16(12)20-17(22)15-10-18-9-14(15)13-8-19-21(2)11-13/h4-8,11,14-15,18H,3,9-10H2,1-2H3,(H,20,22)/t14-,15+/m1/s1. The van der Waals surface area contributed by atoms with Crippen molar-refractivity contribution in [2.45, 2.75) is 19.3 Å². The Balaban J connectivity index is 1.76. The molecule has 0 spiro atoms. The minimum atomic E-state index is -0.0610. The van der Waals surface area contributed by atoms with E-state index in [4.69, 9.17) is 0 Å². The molecule has 1 aromatic carbocycles. The molecule has 5 heteroatoms. The van der Waals surface area contributed by atoms with Gasteiger partial charge in [-0.15, -0.1) is 0 Å².